The fourth-order valence-corrected chi connectivity index (χ4v) is 2.19. The summed E-state index contributed by atoms with van der Waals surface area (Å²) in [6.45, 7) is -0.814. The number of imidazole rings is 1. The molecule has 0 unspecified atom stereocenters. The Balaban J connectivity index is 2.60. The predicted octanol–water partition coefficient (Wildman–Crippen LogP) is 0.0822. The minimum absolute atomic E-state index is 0.218. The Hall–Kier alpha value is -1.81. The smallest absolute Gasteiger partial charge is 0.279 e. The van der Waals surface area contributed by atoms with Gasteiger partial charge >= 0.3 is 31.1 Å². The first kappa shape index (κ1) is 21.2. The Morgan fingerprint density at radius 2 is 1.56 bits per heavy atom. The highest BCUT2D eigenvalue weighted by atomic mass is 32.2. The molecule has 0 radical (unpaired) electrons. The van der Waals surface area contributed by atoms with Gasteiger partial charge in [0.2, 0.25) is 6.33 Å². The molecule has 144 valence electrons. The third kappa shape index (κ3) is 5.89. The molecule has 16 heteroatoms. The molecular weight excluding hydrogens is 406 g/mol. The van der Waals surface area contributed by atoms with Crippen LogP contribution in [0.15, 0.2) is 24.9 Å². The van der Waals surface area contributed by atoms with E-state index in [1.807, 2.05) is 0 Å². The monoisotopic (exact) mass is 417 g/mol. The fourth-order valence-electron chi connectivity index (χ4n) is 1.30. The molecule has 0 bridgehead atoms. The van der Waals surface area contributed by atoms with Gasteiger partial charge in [-0.25, -0.2) is 22.3 Å². The van der Waals surface area contributed by atoms with Gasteiger partial charge in [-0.3, -0.25) is 4.72 Å². The minimum atomic E-state index is -5.55. The van der Waals surface area contributed by atoms with E-state index < -0.39 is 37.6 Å². The quantitative estimate of drug-likeness (QED) is 0.485. The van der Waals surface area contributed by atoms with E-state index in [0.717, 1.165) is 15.5 Å². The van der Waals surface area contributed by atoms with Gasteiger partial charge in [0.1, 0.15) is 25.1 Å². The van der Waals surface area contributed by atoms with Crippen LogP contribution in [0.1, 0.15) is 0 Å². The topological polar surface area (TPSA) is 101 Å². The molecule has 1 heterocycles. The lowest BCUT2D eigenvalue weighted by molar-refractivity contribution is -0.567. The van der Waals surface area contributed by atoms with E-state index >= 15 is 0 Å². The van der Waals surface area contributed by atoms with Crippen molar-refractivity contribution in [1.82, 2.24) is 14.0 Å². The summed E-state index contributed by atoms with van der Waals surface area (Å²) in [4.78, 5) is 0. The van der Waals surface area contributed by atoms with E-state index in [4.69, 9.17) is 0 Å². The van der Waals surface area contributed by atoms with Gasteiger partial charge in [-0.15, -0.1) is 0 Å². The largest absolute Gasteiger partial charge is 0.516 e. The number of sulfonamides is 2. The van der Waals surface area contributed by atoms with Gasteiger partial charge in [0.25, 0.3) is 0 Å². The highest BCUT2D eigenvalue weighted by Gasteiger charge is 2.46. The summed E-state index contributed by atoms with van der Waals surface area (Å²) in [5, 5.41) is 0. The molecule has 2 N–H and O–H groups in total. The highest BCUT2D eigenvalue weighted by molar-refractivity contribution is 7.90. The Labute approximate surface area is 137 Å². The van der Waals surface area contributed by atoms with Crippen molar-refractivity contribution in [3.05, 3.63) is 24.9 Å². The number of hydrogen-bond donors (Lipinski definition) is 2. The first-order valence-corrected chi connectivity index (χ1v) is 9.00. The van der Waals surface area contributed by atoms with Gasteiger partial charge in [0, 0.05) is 6.54 Å². The maximum Gasteiger partial charge on any atom is 0.516 e. The number of aromatic nitrogens is 2. The van der Waals surface area contributed by atoms with Crippen LogP contribution in [0, 0.1) is 0 Å². The van der Waals surface area contributed by atoms with E-state index in [1.165, 1.54) is 28.0 Å². The van der Waals surface area contributed by atoms with E-state index in [1.54, 1.807) is 0 Å². The van der Waals surface area contributed by atoms with Crippen molar-refractivity contribution in [3.63, 3.8) is 0 Å². The van der Waals surface area contributed by atoms with Crippen molar-refractivity contribution < 1.29 is 47.7 Å². The van der Waals surface area contributed by atoms with Crippen molar-refractivity contribution in [1.29, 1.82) is 0 Å². The Morgan fingerprint density at radius 1 is 1.00 bits per heavy atom. The summed E-state index contributed by atoms with van der Waals surface area (Å²) in [5.74, 6) is 0. The van der Waals surface area contributed by atoms with Crippen LogP contribution >= 0.6 is 0 Å². The molecule has 0 aromatic carbocycles. The van der Waals surface area contributed by atoms with Crippen LogP contribution in [-0.4, -0.2) is 39.0 Å². The fraction of sp³-hybridized carbons (Fsp3) is 0.444. The predicted molar refractivity (Wildman–Crippen MR) is 71.0 cm³/mol. The summed E-state index contributed by atoms with van der Waals surface area (Å²) >= 11 is 0. The average molecular weight is 417 g/mol. The van der Waals surface area contributed by atoms with Crippen molar-refractivity contribution in [2.45, 2.75) is 17.6 Å². The summed E-state index contributed by atoms with van der Waals surface area (Å²) in [7, 11) is -11.0. The van der Waals surface area contributed by atoms with Gasteiger partial charge in [0.05, 0.1) is 6.20 Å². The Kier molecular flexibility index (Phi) is 6.12. The number of alkyl halides is 6. The third-order valence-electron chi connectivity index (χ3n) is 2.45. The molecule has 0 saturated heterocycles. The lowest BCUT2D eigenvalue weighted by Gasteiger charge is -2.07. The van der Waals surface area contributed by atoms with Crippen LogP contribution in [0.3, 0.4) is 0 Å². The molecular formula is C9H11F6N4O4S2+. The number of rotatable bonds is 7. The van der Waals surface area contributed by atoms with E-state index in [0.29, 0.717) is 6.20 Å². The second kappa shape index (κ2) is 7.20. The first-order chi connectivity index (χ1) is 11.2. The van der Waals surface area contributed by atoms with Crippen molar-refractivity contribution in [3.8, 4) is 0 Å². The molecule has 0 aliphatic carbocycles. The zero-order valence-electron chi connectivity index (χ0n) is 11.9. The molecule has 0 spiro atoms. The molecule has 0 saturated carbocycles. The summed E-state index contributed by atoms with van der Waals surface area (Å²) in [6.07, 6.45) is 5.04. The van der Waals surface area contributed by atoms with E-state index in [-0.39, 0.29) is 6.54 Å². The number of hydrogen-bond acceptors (Lipinski definition) is 4. The summed E-state index contributed by atoms with van der Waals surface area (Å²) in [6, 6.07) is 0. The molecule has 0 aliphatic rings. The van der Waals surface area contributed by atoms with Crippen LogP contribution in [0.25, 0.3) is 6.20 Å². The molecule has 0 fully saturated rings. The SMILES string of the molecule is O=S(=O)(NC=C[n+]1ccn(CCNS(=O)(=O)C(F)(F)F)c1)C(F)(F)F. The lowest BCUT2D eigenvalue weighted by atomic mass is 10.6. The van der Waals surface area contributed by atoms with Crippen molar-refractivity contribution >= 4 is 26.2 Å². The number of halogens is 6. The molecule has 1 rings (SSSR count). The van der Waals surface area contributed by atoms with Crippen LogP contribution < -0.4 is 14.0 Å². The molecule has 1 aromatic heterocycles. The van der Waals surface area contributed by atoms with Crippen LogP contribution in [0.4, 0.5) is 26.3 Å². The second-order valence-corrected chi connectivity index (χ2v) is 7.79. The lowest BCUT2D eigenvalue weighted by Crippen LogP contribution is -2.38. The van der Waals surface area contributed by atoms with Crippen LogP contribution in [0.2, 0.25) is 0 Å². The maximum absolute atomic E-state index is 12.1. The van der Waals surface area contributed by atoms with Gasteiger partial charge in [-0.05, 0) is 0 Å². The molecule has 8 nitrogen and oxygen atoms in total. The average Bonchev–Trinajstić information content (AvgIpc) is 2.83. The highest BCUT2D eigenvalue weighted by Crippen LogP contribution is 2.21. The minimum Gasteiger partial charge on any atom is -0.279 e. The normalized spacial score (nSPS) is 14.2. The number of nitrogens with zero attached hydrogens (tertiary/aromatic N) is 2. The van der Waals surface area contributed by atoms with Gasteiger partial charge in [0.15, 0.2) is 0 Å². The van der Waals surface area contributed by atoms with Crippen LogP contribution in [0.5, 0.6) is 0 Å². The number of nitrogens with one attached hydrogen (secondary N) is 2. The standard InChI is InChI=1S/C9H11F6N4O4S2/c10-8(11,12)24(20,21)16-1-3-18-5-6-19(7-18)4-2-17-25(22,23)9(13,14)15/h1,3,5-7,16-17H,2,4H2/q+1. The first-order valence-electron chi connectivity index (χ1n) is 6.03. The molecule has 0 atom stereocenters. The summed E-state index contributed by atoms with van der Waals surface area (Å²) < 4.78 is 120. The molecule has 1 aromatic rings. The zero-order valence-corrected chi connectivity index (χ0v) is 13.5. The summed E-state index contributed by atoms with van der Waals surface area (Å²) in [5.41, 5.74) is -10.9. The van der Waals surface area contributed by atoms with E-state index in [2.05, 4.69) is 0 Å². The van der Waals surface area contributed by atoms with Crippen molar-refractivity contribution in [2.24, 2.45) is 0 Å². The Bertz CT molecular complexity index is 825. The maximum atomic E-state index is 12.1. The Morgan fingerprint density at radius 3 is 2.08 bits per heavy atom. The van der Waals surface area contributed by atoms with Crippen molar-refractivity contribution in [2.75, 3.05) is 6.54 Å². The molecule has 0 aliphatic heterocycles. The van der Waals surface area contributed by atoms with Gasteiger partial charge in [-0.1, -0.05) is 0 Å². The van der Waals surface area contributed by atoms with Gasteiger partial charge in [-0.2, -0.15) is 34.8 Å². The molecule has 0 amide bonds. The van der Waals surface area contributed by atoms with Gasteiger partial charge < -0.3 is 0 Å². The third-order valence-corrected chi connectivity index (χ3v) is 4.70. The zero-order chi connectivity index (χ0) is 19.5. The molecule has 25 heavy (non-hydrogen) atoms. The second-order valence-electron chi connectivity index (χ2n) is 4.32. The van der Waals surface area contributed by atoms with E-state index in [9.17, 15) is 43.2 Å². The van der Waals surface area contributed by atoms with Crippen LogP contribution in [-0.2, 0) is 26.6 Å².